The van der Waals surface area contributed by atoms with E-state index < -0.39 is 88.7 Å². The summed E-state index contributed by atoms with van der Waals surface area (Å²) in [6, 6.07) is 14.2. The van der Waals surface area contributed by atoms with Crippen LogP contribution in [0.15, 0.2) is 72.3 Å². The molecule has 12 heteroatoms. The number of ketones is 3. The number of aliphatic hydroxyl groups is 2. The van der Waals surface area contributed by atoms with E-state index in [1.54, 1.807) is 26.8 Å². The molecule has 288 valence electrons. The maximum Gasteiger partial charge on any atom is 0.227 e. The Labute approximate surface area is 313 Å². The Bertz CT molecular complexity index is 1930. The maximum absolute atomic E-state index is 17.7. The van der Waals surface area contributed by atoms with E-state index in [-0.39, 0.29) is 42.9 Å². The number of halogens is 2. The lowest BCUT2D eigenvalue weighted by atomic mass is 9.44. The molecule has 0 bridgehead atoms. The van der Waals surface area contributed by atoms with Gasteiger partial charge in [0.1, 0.15) is 18.6 Å². The smallest absolute Gasteiger partial charge is 0.227 e. The predicted octanol–water partition coefficient (Wildman–Crippen LogP) is 4.80. The van der Waals surface area contributed by atoms with Gasteiger partial charge in [-0.15, -0.1) is 0 Å². The number of alkyl halides is 2. The highest BCUT2D eigenvalue weighted by Crippen LogP contribution is 2.72. The fraction of sp³-hybridized carbons (Fsp3) is 0.524. The Morgan fingerprint density at radius 2 is 1.78 bits per heavy atom. The third-order valence-corrected chi connectivity index (χ3v) is 13.2. The van der Waals surface area contributed by atoms with Crippen molar-refractivity contribution in [1.82, 2.24) is 0 Å². The van der Waals surface area contributed by atoms with Crippen LogP contribution < -0.4 is 11.1 Å². The molecule has 1 saturated heterocycles. The summed E-state index contributed by atoms with van der Waals surface area (Å²) in [5.74, 6) is -3.73. The number of rotatable bonds is 10. The fourth-order valence-electron chi connectivity index (χ4n) is 10.3. The van der Waals surface area contributed by atoms with E-state index in [1.165, 1.54) is 19.1 Å². The van der Waals surface area contributed by atoms with Crippen molar-refractivity contribution in [3.63, 3.8) is 0 Å². The van der Waals surface area contributed by atoms with Gasteiger partial charge < -0.3 is 30.7 Å². The number of nitrogens with one attached hydrogen (secondary N) is 1. The minimum atomic E-state index is -2.33. The summed E-state index contributed by atoms with van der Waals surface area (Å²) in [4.78, 5) is 50.7. The van der Waals surface area contributed by atoms with Crippen LogP contribution in [0.3, 0.4) is 0 Å². The standard InChI is InChI=1S/C42H48F2N2O8/c1-22(14-33(49)23(2)45)37(52)46-27-7-5-6-25(16-27)15-24-8-10-26(11-9-24)38-53-36-19-29-30-18-32(43)31-17-28(48)12-13-39(31,3)41(30,44)34(50)20-40(29,4)42(36,54-38)35(51)21-47/h5-13,16-17,22-23,29-30,32,34,36,38,47,50H,14-15,18-21,45H2,1-4H3,(H,46,52)/t22-,23+,29+,30+,32+,34+,36-,38?,39+,40+,41+,42-/m1/s1. The van der Waals surface area contributed by atoms with E-state index in [2.05, 4.69) is 5.32 Å². The average molecular weight is 747 g/mol. The van der Waals surface area contributed by atoms with Crippen LogP contribution in [0.2, 0.25) is 0 Å². The number of fused-ring (bicyclic) bond motifs is 7. The van der Waals surface area contributed by atoms with Crippen molar-refractivity contribution in [2.45, 2.75) is 102 Å². The zero-order valence-electron chi connectivity index (χ0n) is 30.9. The number of hydrogen-bond acceptors (Lipinski definition) is 9. The van der Waals surface area contributed by atoms with Gasteiger partial charge in [-0.1, -0.05) is 56.3 Å². The Hall–Kier alpha value is -3.94. The molecule has 1 unspecified atom stereocenters. The van der Waals surface area contributed by atoms with Gasteiger partial charge in [0.2, 0.25) is 5.91 Å². The third-order valence-electron chi connectivity index (χ3n) is 13.2. The van der Waals surface area contributed by atoms with Gasteiger partial charge in [0.25, 0.3) is 0 Å². The lowest BCUT2D eigenvalue weighted by molar-refractivity contribution is -0.235. The second kappa shape index (κ2) is 13.7. The van der Waals surface area contributed by atoms with E-state index >= 15 is 8.78 Å². The van der Waals surface area contributed by atoms with Crippen molar-refractivity contribution in [3.05, 3.63) is 89.0 Å². The molecule has 1 heterocycles. The van der Waals surface area contributed by atoms with Gasteiger partial charge >= 0.3 is 0 Å². The minimum Gasteiger partial charge on any atom is -0.390 e. The highest BCUT2D eigenvalue weighted by atomic mass is 19.1. The topological polar surface area (TPSA) is 165 Å². The summed E-state index contributed by atoms with van der Waals surface area (Å²) in [7, 11) is 0. The molecule has 1 aliphatic heterocycles. The van der Waals surface area contributed by atoms with Gasteiger partial charge in [0, 0.05) is 40.3 Å². The Kier molecular flexibility index (Phi) is 9.70. The van der Waals surface area contributed by atoms with Crippen molar-refractivity contribution >= 4 is 28.9 Å². The normalized spacial score (nSPS) is 37.6. The summed E-state index contributed by atoms with van der Waals surface area (Å²) < 4.78 is 46.6. The molecule has 1 amide bonds. The number of anilines is 1. The van der Waals surface area contributed by atoms with Crippen molar-refractivity contribution < 1.29 is 47.6 Å². The van der Waals surface area contributed by atoms with Crippen LogP contribution in [0.5, 0.6) is 0 Å². The highest BCUT2D eigenvalue weighted by molar-refractivity contribution is 6.01. The molecule has 5 N–H and O–H groups in total. The molecule has 2 aromatic rings. The molecule has 12 atom stereocenters. The fourth-order valence-corrected chi connectivity index (χ4v) is 10.3. The van der Waals surface area contributed by atoms with Gasteiger partial charge in [-0.2, -0.15) is 0 Å². The molecule has 0 spiro atoms. The lowest BCUT2D eigenvalue weighted by Crippen LogP contribution is -2.70. The number of benzene rings is 2. The zero-order chi connectivity index (χ0) is 39.0. The molecule has 10 nitrogen and oxygen atoms in total. The van der Waals surface area contributed by atoms with Crippen LogP contribution in [-0.2, 0) is 35.1 Å². The first kappa shape index (κ1) is 38.3. The van der Waals surface area contributed by atoms with Crippen molar-refractivity contribution in [1.29, 1.82) is 0 Å². The molecule has 0 aromatic heterocycles. The monoisotopic (exact) mass is 746 g/mol. The van der Waals surface area contributed by atoms with Crippen LogP contribution >= 0.6 is 0 Å². The first-order chi connectivity index (χ1) is 25.5. The second-order valence-electron chi connectivity index (χ2n) is 16.5. The van der Waals surface area contributed by atoms with E-state index in [0.717, 1.165) is 17.2 Å². The lowest BCUT2D eigenvalue weighted by Gasteiger charge is -2.63. The number of carbonyl (C=O) groups excluding carboxylic acids is 4. The zero-order valence-corrected chi connectivity index (χ0v) is 30.9. The number of allylic oxidation sites excluding steroid dienone is 4. The number of hydrogen-bond donors (Lipinski definition) is 4. The maximum atomic E-state index is 17.7. The Balaban J connectivity index is 1.09. The van der Waals surface area contributed by atoms with Crippen molar-refractivity contribution in [2.75, 3.05) is 11.9 Å². The molecule has 54 heavy (non-hydrogen) atoms. The largest absolute Gasteiger partial charge is 0.390 e. The number of nitrogens with two attached hydrogens (primary N) is 1. The van der Waals surface area contributed by atoms with E-state index in [4.69, 9.17) is 15.2 Å². The van der Waals surface area contributed by atoms with E-state index in [1.807, 2.05) is 42.5 Å². The second-order valence-corrected chi connectivity index (χ2v) is 16.5. The molecule has 4 aliphatic carbocycles. The Morgan fingerprint density at radius 1 is 1.06 bits per heavy atom. The SMILES string of the molecule is C[C@H](N)C(=O)C[C@@H](C)C(=O)Nc1cccc(Cc2ccc(C3O[C@@H]4C[C@H]5[C@@H]6C[C@H](F)C7=CC(=O)C=C[C@]7(C)[C@@]6(F)[C@@H](O)C[C@]5(C)[C@]4(C(=O)CO)O3)cc2)c1. The van der Waals surface area contributed by atoms with Crippen LogP contribution in [0.1, 0.15) is 76.4 Å². The molecular formula is C42H48F2N2O8. The van der Waals surface area contributed by atoms with Gasteiger partial charge in [0.15, 0.2) is 29.1 Å². The molecule has 4 fully saturated rings. The van der Waals surface area contributed by atoms with Crippen molar-refractivity contribution in [2.24, 2.45) is 34.3 Å². The minimum absolute atomic E-state index is 0.0170. The van der Waals surface area contributed by atoms with Crippen molar-refractivity contribution in [3.8, 4) is 0 Å². The number of carbonyl (C=O) groups is 4. The van der Waals surface area contributed by atoms with Gasteiger partial charge in [0.05, 0.1) is 18.2 Å². The molecule has 2 aromatic carbocycles. The highest BCUT2D eigenvalue weighted by Gasteiger charge is 2.80. The number of ether oxygens (including phenoxy) is 2. The molecule has 7 rings (SSSR count). The summed E-state index contributed by atoms with van der Waals surface area (Å²) in [5.41, 5.74) is 1.92. The molecule has 0 radical (unpaired) electrons. The van der Waals surface area contributed by atoms with Crippen LogP contribution in [0.25, 0.3) is 0 Å². The molecule has 3 saturated carbocycles. The van der Waals surface area contributed by atoms with Crippen LogP contribution in [0.4, 0.5) is 14.5 Å². The summed E-state index contributed by atoms with van der Waals surface area (Å²) in [6.07, 6.45) is -1.16. The number of Topliss-reactive ketones (excluding diaryl/α,β-unsaturated/α-hetero) is 2. The average Bonchev–Trinajstić information content (AvgIpc) is 3.63. The number of aliphatic hydroxyl groups excluding tert-OH is 2. The summed E-state index contributed by atoms with van der Waals surface area (Å²) >= 11 is 0. The molecule has 5 aliphatic rings. The van der Waals surface area contributed by atoms with Crippen LogP contribution in [0, 0.1) is 28.6 Å². The van der Waals surface area contributed by atoms with Crippen LogP contribution in [-0.4, -0.2) is 75.8 Å². The third kappa shape index (κ3) is 5.75. The summed E-state index contributed by atoms with van der Waals surface area (Å²) in [5, 5.41) is 24.9. The van der Waals surface area contributed by atoms with E-state index in [9.17, 15) is 29.4 Å². The quantitative estimate of drug-likeness (QED) is 0.267. The van der Waals surface area contributed by atoms with Gasteiger partial charge in [-0.05, 0) is 86.4 Å². The molecular weight excluding hydrogens is 698 g/mol. The van der Waals surface area contributed by atoms with Gasteiger partial charge in [-0.25, -0.2) is 8.78 Å². The summed E-state index contributed by atoms with van der Waals surface area (Å²) in [6.45, 7) is 5.69. The van der Waals surface area contributed by atoms with Gasteiger partial charge in [-0.3, -0.25) is 19.2 Å². The first-order valence-electron chi connectivity index (χ1n) is 18.7. The van der Waals surface area contributed by atoms with E-state index in [0.29, 0.717) is 17.7 Å². The Morgan fingerprint density at radius 3 is 2.46 bits per heavy atom. The number of amides is 1. The first-order valence-corrected chi connectivity index (χ1v) is 18.7. The predicted molar refractivity (Wildman–Crippen MR) is 194 cm³/mol.